The molecule has 0 aromatic heterocycles. The number of phenolic OH excluding ortho intramolecular Hbond substituents is 1. The maximum atomic E-state index is 8.86. The van der Waals surface area contributed by atoms with Crippen molar-refractivity contribution in [2.24, 2.45) is 0 Å². The van der Waals surface area contributed by atoms with Crippen molar-refractivity contribution in [3.05, 3.63) is 27.8 Å². The number of phenols is 1. The Morgan fingerprint density at radius 2 is 1.78 bits per heavy atom. The quantitative estimate of drug-likeness (QED) is 0.453. The third-order valence-corrected chi connectivity index (χ3v) is 3.01. The van der Waals surface area contributed by atoms with E-state index in [4.69, 9.17) is 5.11 Å². The Labute approximate surface area is 65.0 Å². The molecule has 0 bridgehead atoms. The Balaban J connectivity index is 2.88. The first-order valence-corrected chi connectivity index (χ1v) is 5.85. The SMILES string of the molecule is C[I-]c1ccc(O)cc1. The van der Waals surface area contributed by atoms with Gasteiger partial charge in [-0.15, -0.1) is 0 Å². The van der Waals surface area contributed by atoms with Gasteiger partial charge >= 0.3 is 64.8 Å². The summed E-state index contributed by atoms with van der Waals surface area (Å²) in [5.74, 6) is 0.358. The molecule has 9 heavy (non-hydrogen) atoms. The Morgan fingerprint density at radius 3 is 2.22 bits per heavy atom. The van der Waals surface area contributed by atoms with Crippen LogP contribution in [0.25, 0.3) is 0 Å². The summed E-state index contributed by atoms with van der Waals surface area (Å²) in [5, 5.41) is 8.86. The minimum absolute atomic E-state index is 0.185. The van der Waals surface area contributed by atoms with Gasteiger partial charge in [-0.05, 0) is 0 Å². The molecule has 0 saturated heterocycles. The molecule has 1 aromatic rings. The molecule has 1 aromatic carbocycles. The molecule has 0 aliphatic rings. The van der Waals surface area contributed by atoms with Crippen molar-refractivity contribution in [2.45, 2.75) is 0 Å². The molecule has 0 unspecified atom stereocenters. The monoisotopic (exact) mass is 235 g/mol. The summed E-state index contributed by atoms with van der Waals surface area (Å²) in [7, 11) is 0. The van der Waals surface area contributed by atoms with Crippen molar-refractivity contribution < 1.29 is 26.3 Å². The second-order valence-corrected chi connectivity index (χ2v) is 3.99. The summed E-state index contributed by atoms with van der Waals surface area (Å²) in [4.78, 5) is 2.20. The van der Waals surface area contributed by atoms with Gasteiger partial charge in [0.2, 0.25) is 0 Å². The Kier molecular flexibility index (Phi) is 2.33. The van der Waals surface area contributed by atoms with Crippen LogP contribution in [0.5, 0.6) is 5.75 Å². The average molecular weight is 235 g/mol. The topological polar surface area (TPSA) is 20.2 Å². The van der Waals surface area contributed by atoms with E-state index >= 15 is 0 Å². The molecule has 0 spiro atoms. The number of rotatable bonds is 1. The fourth-order valence-electron chi connectivity index (χ4n) is 0.567. The van der Waals surface area contributed by atoms with Crippen molar-refractivity contribution in [2.75, 3.05) is 4.93 Å². The van der Waals surface area contributed by atoms with E-state index in [1.165, 1.54) is 3.57 Å². The predicted molar refractivity (Wildman–Crippen MR) is 32.7 cm³/mol. The molecule has 1 rings (SSSR count). The predicted octanol–water partition coefficient (Wildman–Crippen LogP) is -1.72. The van der Waals surface area contributed by atoms with Gasteiger partial charge in [0, 0.05) is 0 Å². The van der Waals surface area contributed by atoms with Gasteiger partial charge in [0.25, 0.3) is 0 Å². The van der Waals surface area contributed by atoms with Gasteiger partial charge in [-0.1, -0.05) is 0 Å². The molecule has 0 aliphatic heterocycles. The third-order valence-electron chi connectivity index (χ3n) is 1.04. The van der Waals surface area contributed by atoms with E-state index in [1.807, 2.05) is 12.1 Å². The van der Waals surface area contributed by atoms with Gasteiger partial charge in [0.1, 0.15) is 0 Å². The first-order valence-electron chi connectivity index (χ1n) is 2.61. The van der Waals surface area contributed by atoms with Crippen LogP contribution in [0.15, 0.2) is 24.3 Å². The average Bonchev–Trinajstić information content (AvgIpc) is 1.90. The fourth-order valence-corrected chi connectivity index (χ4v) is 1.65. The molecule has 0 radical (unpaired) electrons. The molecule has 0 aliphatic carbocycles. The molecule has 0 heterocycles. The molecule has 2 heteroatoms. The molecule has 0 fully saturated rings. The molecule has 1 N–H and O–H groups in total. The fraction of sp³-hybridized carbons (Fsp3) is 0.143. The van der Waals surface area contributed by atoms with E-state index in [0.717, 1.165) is 0 Å². The molecule has 0 atom stereocenters. The molecule has 50 valence electrons. The summed E-state index contributed by atoms with van der Waals surface area (Å²) < 4.78 is 1.37. The minimum atomic E-state index is 0.185. The van der Waals surface area contributed by atoms with E-state index in [2.05, 4.69) is 4.93 Å². The van der Waals surface area contributed by atoms with Crippen LogP contribution in [0, 0.1) is 3.57 Å². The number of halogens is 1. The van der Waals surface area contributed by atoms with E-state index in [0.29, 0.717) is 5.75 Å². The molecule has 0 amide bonds. The first-order chi connectivity index (χ1) is 4.33. The van der Waals surface area contributed by atoms with E-state index in [1.54, 1.807) is 12.1 Å². The molecular formula is C7H8IO-. The van der Waals surface area contributed by atoms with Crippen molar-refractivity contribution >= 4 is 0 Å². The zero-order valence-electron chi connectivity index (χ0n) is 5.13. The van der Waals surface area contributed by atoms with Crippen LogP contribution < -0.4 is 21.2 Å². The maximum absolute atomic E-state index is 8.86. The van der Waals surface area contributed by atoms with Crippen LogP contribution in [0.1, 0.15) is 0 Å². The van der Waals surface area contributed by atoms with Crippen LogP contribution in [-0.2, 0) is 0 Å². The van der Waals surface area contributed by atoms with Gasteiger partial charge in [0.05, 0.1) is 0 Å². The van der Waals surface area contributed by atoms with Crippen LogP contribution in [0.3, 0.4) is 0 Å². The Morgan fingerprint density at radius 1 is 1.22 bits per heavy atom. The summed E-state index contributed by atoms with van der Waals surface area (Å²) in [6.07, 6.45) is 0. The van der Waals surface area contributed by atoms with E-state index in [9.17, 15) is 0 Å². The second kappa shape index (κ2) is 3.06. The number of hydrogen-bond donors (Lipinski definition) is 1. The standard InChI is InChI=1S/C7H8IO/c1-8-6-2-4-7(9)5-3-6/h2-5,9H,1H3/q-1. The molecular weight excluding hydrogens is 227 g/mol. The Bertz CT molecular complexity index is 181. The zero-order valence-corrected chi connectivity index (χ0v) is 7.29. The van der Waals surface area contributed by atoms with Crippen molar-refractivity contribution in [1.29, 1.82) is 0 Å². The summed E-state index contributed by atoms with van der Waals surface area (Å²) >= 11 is 0.185. The van der Waals surface area contributed by atoms with Crippen LogP contribution in [-0.4, -0.2) is 10.0 Å². The molecule has 1 nitrogen and oxygen atoms in total. The van der Waals surface area contributed by atoms with E-state index < -0.39 is 0 Å². The van der Waals surface area contributed by atoms with Crippen molar-refractivity contribution in [3.8, 4) is 5.75 Å². The summed E-state index contributed by atoms with van der Waals surface area (Å²) in [6.45, 7) is 0. The first kappa shape index (κ1) is 6.86. The van der Waals surface area contributed by atoms with Crippen LogP contribution in [0.2, 0.25) is 0 Å². The number of aromatic hydroxyl groups is 1. The Hall–Kier alpha value is -0.250. The van der Waals surface area contributed by atoms with Gasteiger partial charge in [-0.25, -0.2) is 0 Å². The van der Waals surface area contributed by atoms with Gasteiger partial charge in [-0.3, -0.25) is 0 Å². The van der Waals surface area contributed by atoms with Crippen molar-refractivity contribution in [3.63, 3.8) is 0 Å². The second-order valence-electron chi connectivity index (χ2n) is 1.67. The van der Waals surface area contributed by atoms with Gasteiger partial charge < -0.3 is 0 Å². The van der Waals surface area contributed by atoms with Crippen LogP contribution >= 0.6 is 0 Å². The summed E-state index contributed by atoms with van der Waals surface area (Å²) in [5.41, 5.74) is 0. The zero-order chi connectivity index (χ0) is 6.69. The van der Waals surface area contributed by atoms with Crippen LogP contribution in [0.4, 0.5) is 0 Å². The molecule has 0 saturated carbocycles. The third kappa shape index (κ3) is 1.86. The summed E-state index contributed by atoms with van der Waals surface area (Å²) in [6, 6.07) is 7.42. The number of hydrogen-bond acceptors (Lipinski definition) is 1. The van der Waals surface area contributed by atoms with E-state index in [-0.39, 0.29) is 21.2 Å². The number of alkyl halides is 1. The van der Waals surface area contributed by atoms with Gasteiger partial charge in [-0.2, -0.15) is 0 Å². The number of benzene rings is 1. The van der Waals surface area contributed by atoms with Gasteiger partial charge in [0.15, 0.2) is 0 Å². The normalized spacial score (nSPS) is 9.89. The van der Waals surface area contributed by atoms with Crippen molar-refractivity contribution in [1.82, 2.24) is 0 Å².